The third kappa shape index (κ3) is 3.77. The summed E-state index contributed by atoms with van der Waals surface area (Å²) in [5, 5.41) is 0.690. The van der Waals surface area contributed by atoms with E-state index in [1.807, 2.05) is 30.3 Å². The maximum atomic E-state index is 13.9. The second-order valence-electron chi connectivity index (χ2n) is 7.74. The van der Waals surface area contributed by atoms with Crippen LogP contribution in [0.2, 0.25) is 0 Å². The number of rotatable bonds is 8. The van der Waals surface area contributed by atoms with Gasteiger partial charge in [-0.25, -0.2) is 12.8 Å². The summed E-state index contributed by atoms with van der Waals surface area (Å²) < 4.78 is 40.4. The smallest absolute Gasteiger partial charge is 0.240 e. The van der Waals surface area contributed by atoms with E-state index in [0.29, 0.717) is 24.6 Å². The Hall–Kier alpha value is -2.93. The van der Waals surface area contributed by atoms with Gasteiger partial charge in [0.15, 0.2) is 0 Å². The predicted molar refractivity (Wildman–Crippen MR) is 116 cm³/mol. The van der Waals surface area contributed by atoms with Crippen LogP contribution in [0.15, 0.2) is 61.2 Å². The zero-order chi connectivity index (χ0) is 21.4. The van der Waals surface area contributed by atoms with Gasteiger partial charge in [-0.2, -0.15) is 0 Å². The van der Waals surface area contributed by atoms with E-state index in [4.69, 9.17) is 0 Å². The molecule has 0 unspecified atom stereocenters. The van der Waals surface area contributed by atoms with Crippen LogP contribution in [-0.2, 0) is 21.2 Å². The molecule has 1 amide bonds. The van der Waals surface area contributed by atoms with Crippen LogP contribution in [0.5, 0.6) is 0 Å². The number of sulfonamides is 1. The predicted octanol–water partition coefficient (Wildman–Crippen LogP) is 4.46. The highest BCUT2D eigenvalue weighted by Crippen LogP contribution is 2.46. The average Bonchev–Trinajstić information content (AvgIpc) is 3.43. The highest BCUT2D eigenvalue weighted by Gasteiger charge is 2.54. The first-order valence-electron chi connectivity index (χ1n) is 9.87. The molecule has 5 nitrogen and oxygen atoms in total. The number of aromatic amines is 1. The number of carbonyl (C=O) groups is 1. The second-order valence-corrected chi connectivity index (χ2v) is 9.82. The molecule has 30 heavy (non-hydrogen) atoms. The first-order valence-corrected chi connectivity index (χ1v) is 11.4. The van der Waals surface area contributed by atoms with Crippen LogP contribution in [0, 0.1) is 5.82 Å². The fourth-order valence-electron chi connectivity index (χ4n) is 3.86. The number of hydrogen-bond acceptors (Lipinski definition) is 3. The van der Waals surface area contributed by atoms with Crippen molar-refractivity contribution in [3.63, 3.8) is 0 Å². The van der Waals surface area contributed by atoms with E-state index < -0.39 is 20.7 Å². The molecule has 1 saturated carbocycles. The number of carbonyl (C=O) groups excluding carboxylic acids is 1. The van der Waals surface area contributed by atoms with Crippen LogP contribution in [0.4, 0.5) is 4.39 Å². The molecule has 0 saturated heterocycles. The maximum Gasteiger partial charge on any atom is 0.240 e. The van der Waals surface area contributed by atoms with Gasteiger partial charge in [-0.05, 0) is 55.0 Å². The van der Waals surface area contributed by atoms with Crippen LogP contribution in [0.1, 0.15) is 31.2 Å². The Balaban J connectivity index is 1.58. The first-order chi connectivity index (χ1) is 14.4. The van der Waals surface area contributed by atoms with Gasteiger partial charge in [-0.1, -0.05) is 36.4 Å². The summed E-state index contributed by atoms with van der Waals surface area (Å²) in [4.78, 5) is 15.8. The van der Waals surface area contributed by atoms with E-state index in [1.54, 1.807) is 12.1 Å². The molecule has 1 heterocycles. The molecule has 1 aliphatic carbocycles. The average molecular weight is 427 g/mol. The first kappa shape index (κ1) is 20.3. The van der Waals surface area contributed by atoms with Gasteiger partial charge in [-0.15, -0.1) is 6.58 Å². The number of H-pyrrole nitrogens is 1. The summed E-state index contributed by atoms with van der Waals surface area (Å²) in [6.07, 6.45) is 3.22. The minimum atomic E-state index is -3.75. The molecule has 0 radical (unpaired) electrons. The molecule has 0 bridgehead atoms. The lowest BCUT2D eigenvalue weighted by Crippen LogP contribution is -2.39. The molecule has 0 aliphatic heterocycles. The van der Waals surface area contributed by atoms with E-state index >= 15 is 0 Å². The van der Waals surface area contributed by atoms with Crippen molar-refractivity contribution in [2.24, 2.45) is 0 Å². The quantitative estimate of drug-likeness (QED) is 0.522. The second kappa shape index (κ2) is 7.72. The van der Waals surface area contributed by atoms with Crippen LogP contribution in [0.3, 0.4) is 0 Å². The van der Waals surface area contributed by atoms with Gasteiger partial charge in [0.05, 0.1) is 4.75 Å². The summed E-state index contributed by atoms with van der Waals surface area (Å²) >= 11 is 0. The lowest BCUT2D eigenvalue weighted by Gasteiger charge is -2.15. The van der Waals surface area contributed by atoms with Crippen molar-refractivity contribution in [2.45, 2.75) is 36.9 Å². The fourth-order valence-corrected chi connectivity index (χ4v) is 5.46. The van der Waals surface area contributed by atoms with E-state index in [9.17, 15) is 17.6 Å². The van der Waals surface area contributed by atoms with Crippen LogP contribution >= 0.6 is 0 Å². The SMILES string of the molecule is C=CCC1(S(=O)(=O)NC(=O)CCc2c(-c3ccccc3)[nH]c3ccc(F)cc23)CC1. The summed E-state index contributed by atoms with van der Waals surface area (Å²) in [7, 11) is -3.75. The Labute approximate surface area is 175 Å². The van der Waals surface area contributed by atoms with Gasteiger partial charge in [-0.3, -0.25) is 9.52 Å². The zero-order valence-corrected chi connectivity index (χ0v) is 17.3. The molecule has 7 heteroatoms. The highest BCUT2D eigenvalue weighted by molar-refractivity contribution is 7.91. The number of allylic oxidation sites excluding steroid dienone is 1. The molecule has 4 rings (SSSR count). The molecule has 1 aliphatic rings. The van der Waals surface area contributed by atoms with Crippen molar-refractivity contribution >= 4 is 26.8 Å². The number of benzene rings is 2. The van der Waals surface area contributed by atoms with Crippen molar-refractivity contribution < 1.29 is 17.6 Å². The lowest BCUT2D eigenvalue weighted by molar-refractivity contribution is -0.119. The Morgan fingerprint density at radius 1 is 1.20 bits per heavy atom. The van der Waals surface area contributed by atoms with Crippen LogP contribution in [0.25, 0.3) is 22.2 Å². The molecular formula is C23H23FN2O3S. The number of fused-ring (bicyclic) bond motifs is 1. The number of nitrogens with one attached hydrogen (secondary N) is 2. The van der Waals surface area contributed by atoms with Crippen molar-refractivity contribution in [2.75, 3.05) is 0 Å². The summed E-state index contributed by atoms with van der Waals surface area (Å²) in [5.41, 5.74) is 3.27. The number of amides is 1. The largest absolute Gasteiger partial charge is 0.354 e. The summed E-state index contributed by atoms with van der Waals surface area (Å²) in [5.74, 6) is -0.926. The van der Waals surface area contributed by atoms with Crippen molar-refractivity contribution in [3.8, 4) is 11.3 Å². The number of hydrogen-bond donors (Lipinski definition) is 2. The van der Waals surface area contributed by atoms with Gasteiger partial charge in [0.1, 0.15) is 5.82 Å². The van der Waals surface area contributed by atoms with Crippen LogP contribution in [-0.4, -0.2) is 24.1 Å². The number of aryl methyl sites for hydroxylation is 1. The Bertz CT molecular complexity index is 1210. The monoisotopic (exact) mass is 426 g/mol. The standard InChI is InChI=1S/C23H23FN2O3S/c1-2-12-23(13-14-23)30(28,29)26-21(27)11-9-18-19-15-17(24)8-10-20(19)25-22(18)16-6-4-3-5-7-16/h2-8,10,15,25H,1,9,11-14H2,(H,26,27). The molecule has 1 aromatic heterocycles. The Kier molecular flexibility index (Phi) is 5.24. The normalized spacial score (nSPS) is 15.1. The zero-order valence-electron chi connectivity index (χ0n) is 16.4. The van der Waals surface area contributed by atoms with Crippen molar-refractivity contribution in [1.82, 2.24) is 9.71 Å². The van der Waals surface area contributed by atoms with Gasteiger partial charge >= 0.3 is 0 Å². The molecule has 3 aromatic rings. The molecule has 156 valence electrons. The molecule has 0 spiro atoms. The van der Waals surface area contributed by atoms with E-state index in [-0.39, 0.29) is 18.7 Å². The molecule has 1 fully saturated rings. The van der Waals surface area contributed by atoms with E-state index in [1.165, 1.54) is 12.1 Å². The van der Waals surface area contributed by atoms with Gasteiger partial charge in [0.25, 0.3) is 0 Å². The third-order valence-electron chi connectivity index (χ3n) is 5.67. The number of halogens is 1. The lowest BCUT2D eigenvalue weighted by atomic mass is 10.0. The highest BCUT2D eigenvalue weighted by atomic mass is 32.2. The van der Waals surface area contributed by atoms with Gasteiger partial charge in [0.2, 0.25) is 15.9 Å². The summed E-state index contributed by atoms with van der Waals surface area (Å²) in [6, 6.07) is 14.1. The summed E-state index contributed by atoms with van der Waals surface area (Å²) in [6.45, 7) is 3.61. The van der Waals surface area contributed by atoms with Gasteiger partial charge < -0.3 is 4.98 Å². The van der Waals surface area contributed by atoms with E-state index in [0.717, 1.165) is 22.3 Å². The van der Waals surface area contributed by atoms with Crippen LogP contribution < -0.4 is 4.72 Å². The minimum absolute atomic E-state index is 0.0211. The Morgan fingerprint density at radius 2 is 1.93 bits per heavy atom. The Morgan fingerprint density at radius 3 is 2.60 bits per heavy atom. The topological polar surface area (TPSA) is 79.0 Å². The van der Waals surface area contributed by atoms with Gasteiger partial charge in [0, 0.05) is 23.0 Å². The minimum Gasteiger partial charge on any atom is -0.354 e. The van der Waals surface area contributed by atoms with Crippen molar-refractivity contribution in [1.29, 1.82) is 0 Å². The molecular weight excluding hydrogens is 403 g/mol. The fraction of sp³-hybridized carbons (Fsp3) is 0.261. The third-order valence-corrected chi connectivity index (χ3v) is 7.89. The number of aromatic nitrogens is 1. The van der Waals surface area contributed by atoms with Crippen molar-refractivity contribution in [3.05, 3.63) is 72.6 Å². The molecule has 0 atom stereocenters. The maximum absolute atomic E-state index is 13.9. The molecule has 2 N–H and O–H groups in total. The van der Waals surface area contributed by atoms with E-state index in [2.05, 4.69) is 16.3 Å². The molecule has 2 aromatic carbocycles.